The van der Waals surface area contributed by atoms with Crippen LogP contribution >= 0.6 is 0 Å². The van der Waals surface area contributed by atoms with Crippen molar-refractivity contribution in [3.63, 3.8) is 0 Å². The minimum Gasteiger partial charge on any atom is -0.484 e. The maximum absolute atomic E-state index is 13.7. The van der Waals surface area contributed by atoms with Crippen LogP contribution in [-0.2, 0) is 6.61 Å². The number of ether oxygens (including phenoxy) is 1. The quantitative estimate of drug-likeness (QED) is 0.814. The summed E-state index contributed by atoms with van der Waals surface area (Å²) in [5.74, 6) is -0.115. The highest BCUT2D eigenvalue weighted by Gasteiger charge is 2.04. The first-order valence-corrected chi connectivity index (χ1v) is 5.74. The van der Waals surface area contributed by atoms with Crippen LogP contribution in [0.5, 0.6) is 5.75 Å². The summed E-state index contributed by atoms with van der Waals surface area (Å²) in [6.45, 7) is 2.16. The molecule has 2 nitrogen and oxygen atoms in total. The summed E-state index contributed by atoms with van der Waals surface area (Å²) in [6.07, 6.45) is 5.39. The number of benzene rings is 1. The van der Waals surface area contributed by atoms with Crippen molar-refractivity contribution < 1.29 is 9.13 Å². The molecule has 0 fully saturated rings. The summed E-state index contributed by atoms with van der Waals surface area (Å²) in [4.78, 5) is 4.11. The molecule has 0 saturated carbocycles. The first-order valence-electron chi connectivity index (χ1n) is 5.74. The van der Waals surface area contributed by atoms with Gasteiger partial charge in [0.1, 0.15) is 6.61 Å². The number of allylic oxidation sites excluding steroid dienone is 1. The van der Waals surface area contributed by atoms with E-state index in [2.05, 4.69) is 4.98 Å². The SMILES string of the molecule is C/C=C/c1ccc(OCc2ccccn2)c(F)c1. The average Bonchev–Trinajstić information content (AvgIpc) is 2.39. The van der Waals surface area contributed by atoms with Crippen LogP contribution in [0.2, 0.25) is 0 Å². The maximum atomic E-state index is 13.7. The van der Waals surface area contributed by atoms with E-state index in [9.17, 15) is 4.39 Å². The lowest BCUT2D eigenvalue weighted by Crippen LogP contribution is -1.99. The highest BCUT2D eigenvalue weighted by molar-refractivity contribution is 5.50. The zero-order valence-electron chi connectivity index (χ0n) is 10.1. The second-order valence-corrected chi connectivity index (χ2v) is 3.80. The Hall–Kier alpha value is -2.16. The normalized spacial score (nSPS) is 10.8. The Bertz CT molecular complexity index is 537. The summed E-state index contributed by atoms with van der Waals surface area (Å²) in [6, 6.07) is 10.4. The van der Waals surface area contributed by atoms with E-state index in [-0.39, 0.29) is 18.2 Å². The predicted molar refractivity (Wildman–Crippen MR) is 69.7 cm³/mol. The molecule has 1 aromatic heterocycles. The molecule has 1 heterocycles. The van der Waals surface area contributed by atoms with Crippen molar-refractivity contribution in [3.8, 4) is 5.75 Å². The summed E-state index contributed by atoms with van der Waals surface area (Å²) in [5.41, 5.74) is 1.59. The molecule has 0 aliphatic carbocycles. The van der Waals surface area contributed by atoms with E-state index in [1.54, 1.807) is 12.3 Å². The zero-order valence-corrected chi connectivity index (χ0v) is 10.1. The molecule has 2 rings (SSSR count). The van der Waals surface area contributed by atoms with Crippen LogP contribution in [0.25, 0.3) is 6.08 Å². The van der Waals surface area contributed by atoms with Gasteiger partial charge in [0.2, 0.25) is 0 Å². The molecular weight excluding hydrogens is 229 g/mol. The molecule has 0 spiro atoms. The number of hydrogen-bond acceptors (Lipinski definition) is 2. The standard InChI is InChI=1S/C15H14FNO/c1-2-5-12-7-8-15(14(16)10-12)18-11-13-6-3-4-9-17-13/h2-10H,11H2,1H3/b5-2+. The van der Waals surface area contributed by atoms with Crippen molar-refractivity contribution in [2.24, 2.45) is 0 Å². The van der Waals surface area contributed by atoms with Crippen molar-refractivity contribution in [2.75, 3.05) is 0 Å². The van der Waals surface area contributed by atoms with Gasteiger partial charge in [0.15, 0.2) is 11.6 Å². The fourth-order valence-corrected chi connectivity index (χ4v) is 1.57. The lowest BCUT2D eigenvalue weighted by molar-refractivity contribution is 0.286. The van der Waals surface area contributed by atoms with E-state index in [4.69, 9.17) is 4.74 Å². The monoisotopic (exact) mass is 243 g/mol. The number of rotatable bonds is 4. The van der Waals surface area contributed by atoms with Crippen LogP contribution in [0.15, 0.2) is 48.7 Å². The van der Waals surface area contributed by atoms with Crippen LogP contribution < -0.4 is 4.74 Å². The molecule has 0 unspecified atom stereocenters. The molecule has 3 heteroatoms. The first kappa shape index (κ1) is 12.3. The number of halogens is 1. The lowest BCUT2D eigenvalue weighted by atomic mass is 10.2. The van der Waals surface area contributed by atoms with Gasteiger partial charge in [-0.25, -0.2) is 4.39 Å². The van der Waals surface area contributed by atoms with Gasteiger partial charge >= 0.3 is 0 Å². The van der Waals surface area contributed by atoms with Gasteiger partial charge < -0.3 is 4.74 Å². The fourth-order valence-electron chi connectivity index (χ4n) is 1.57. The Morgan fingerprint density at radius 3 is 2.83 bits per heavy atom. The Kier molecular flexibility index (Phi) is 4.07. The summed E-state index contributed by atoms with van der Waals surface area (Å²) in [7, 11) is 0. The molecule has 0 aliphatic rings. The molecule has 0 N–H and O–H groups in total. The van der Waals surface area contributed by atoms with Crippen molar-refractivity contribution in [3.05, 3.63) is 65.7 Å². The number of hydrogen-bond donors (Lipinski definition) is 0. The lowest BCUT2D eigenvalue weighted by Gasteiger charge is -2.07. The van der Waals surface area contributed by atoms with Crippen LogP contribution in [0, 0.1) is 5.82 Å². The van der Waals surface area contributed by atoms with E-state index < -0.39 is 0 Å². The van der Waals surface area contributed by atoms with Gasteiger partial charge in [0.05, 0.1) is 5.69 Å². The average molecular weight is 243 g/mol. The Morgan fingerprint density at radius 1 is 1.28 bits per heavy atom. The number of aromatic nitrogens is 1. The molecule has 0 amide bonds. The number of pyridine rings is 1. The summed E-state index contributed by atoms with van der Waals surface area (Å²) >= 11 is 0. The Balaban J connectivity index is 2.06. The van der Waals surface area contributed by atoms with E-state index in [0.29, 0.717) is 0 Å². The molecule has 2 aromatic rings. The third kappa shape index (κ3) is 3.17. The van der Waals surface area contributed by atoms with E-state index in [1.807, 2.05) is 43.3 Å². The van der Waals surface area contributed by atoms with Crippen LogP contribution in [0.4, 0.5) is 4.39 Å². The van der Waals surface area contributed by atoms with Gasteiger partial charge in [-0.15, -0.1) is 0 Å². The second kappa shape index (κ2) is 5.96. The smallest absolute Gasteiger partial charge is 0.165 e. The van der Waals surface area contributed by atoms with Crippen LogP contribution in [0.3, 0.4) is 0 Å². The fraction of sp³-hybridized carbons (Fsp3) is 0.133. The van der Waals surface area contributed by atoms with E-state index in [0.717, 1.165) is 11.3 Å². The topological polar surface area (TPSA) is 22.1 Å². The predicted octanol–water partition coefficient (Wildman–Crippen LogP) is 3.83. The summed E-state index contributed by atoms with van der Waals surface area (Å²) < 4.78 is 19.1. The Morgan fingerprint density at radius 2 is 2.17 bits per heavy atom. The molecule has 0 radical (unpaired) electrons. The molecular formula is C15H14FNO. The van der Waals surface area contributed by atoms with E-state index in [1.165, 1.54) is 6.07 Å². The van der Waals surface area contributed by atoms with Crippen molar-refractivity contribution in [1.29, 1.82) is 0 Å². The molecule has 0 saturated heterocycles. The van der Waals surface area contributed by atoms with Gasteiger partial charge in [-0.05, 0) is 36.8 Å². The minimum atomic E-state index is -0.360. The van der Waals surface area contributed by atoms with Gasteiger partial charge in [-0.2, -0.15) is 0 Å². The zero-order chi connectivity index (χ0) is 12.8. The molecule has 0 atom stereocenters. The summed E-state index contributed by atoms with van der Waals surface area (Å²) in [5, 5.41) is 0. The molecule has 0 bridgehead atoms. The first-order chi connectivity index (χ1) is 8.79. The van der Waals surface area contributed by atoms with Crippen molar-refractivity contribution in [2.45, 2.75) is 13.5 Å². The Labute approximate surface area is 106 Å². The van der Waals surface area contributed by atoms with Crippen LogP contribution in [0.1, 0.15) is 18.2 Å². The van der Waals surface area contributed by atoms with Gasteiger partial charge in [0, 0.05) is 6.20 Å². The molecule has 18 heavy (non-hydrogen) atoms. The second-order valence-electron chi connectivity index (χ2n) is 3.80. The van der Waals surface area contributed by atoms with E-state index >= 15 is 0 Å². The van der Waals surface area contributed by atoms with Gasteiger partial charge in [-0.3, -0.25) is 4.98 Å². The maximum Gasteiger partial charge on any atom is 0.165 e. The van der Waals surface area contributed by atoms with Crippen molar-refractivity contribution in [1.82, 2.24) is 4.98 Å². The molecule has 0 aliphatic heterocycles. The molecule has 1 aromatic carbocycles. The van der Waals surface area contributed by atoms with Gasteiger partial charge in [0.25, 0.3) is 0 Å². The number of nitrogens with zero attached hydrogens (tertiary/aromatic N) is 1. The van der Waals surface area contributed by atoms with Gasteiger partial charge in [-0.1, -0.05) is 24.3 Å². The highest BCUT2D eigenvalue weighted by atomic mass is 19.1. The largest absolute Gasteiger partial charge is 0.484 e. The van der Waals surface area contributed by atoms with Crippen molar-refractivity contribution >= 4 is 6.08 Å². The highest BCUT2D eigenvalue weighted by Crippen LogP contribution is 2.20. The third-order valence-corrected chi connectivity index (χ3v) is 2.42. The molecule has 92 valence electrons. The minimum absolute atomic E-state index is 0.244. The third-order valence-electron chi connectivity index (χ3n) is 2.42. The van der Waals surface area contributed by atoms with Crippen LogP contribution in [-0.4, -0.2) is 4.98 Å².